The molecule has 2 heterocycles. The molecule has 1 aliphatic rings. The number of carbonyl (C=O) groups excluding carboxylic acids is 1. The number of hydrogen-bond donors (Lipinski definition) is 0. The van der Waals surface area contributed by atoms with Crippen molar-refractivity contribution in [3.63, 3.8) is 0 Å². The molecule has 16 heavy (non-hydrogen) atoms. The van der Waals surface area contributed by atoms with Crippen molar-refractivity contribution in [3.8, 4) is 0 Å². The van der Waals surface area contributed by atoms with Crippen molar-refractivity contribution in [2.45, 2.75) is 38.6 Å². The van der Waals surface area contributed by atoms with Crippen molar-refractivity contribution in [1.82, 2.24) is 4.90 Å². The van der Waals surface area contributed by atoms with Gasteiger partial charge < -0.3 is 0 Å². The van der Waals surface area contributed by atoms with Gasteiger partial charge in [0.2, 0.25) is 0 Å². The number of thiophene rings is 1. The maximum atomic E-state index is 12.0. The standard InChI is InChI=1S/C13H19NOS/c1-11-6-3-2-4-8-14(11)10-12(15)13-7-5-9-16-13/h5,7,9,11H,2-4,6,8,10H2,1H3. The zero-order valence-electron chi connectivity index (χ0n) is 9.82. The minimum atomic E-state index is 0.281. The third-order valence-corrected chi connectivity index (χ3v) is 4.24. The molecule has 0 bridgehead atoms. The van der Waals surface area contributed by atoms with E-state index < -0.39 is 0 Å². The minimum absolute atomic E-state index is 0.281. The second kappa shape index (κ2) is 5.60. The summed E-state index contributed by atoms with van der Waals surface area (Å²) in [5.41, 5.74) is 0. The summed E-state index contributed by atoms with van der Waals surface area (Å²) in [7, 11) is 0. The first-order valence-electron chi connectivity index (χ1n) is 6.08. The molecule has 2 rings (SSSR count). The molecule has 2 nitrogen and oxygen atoms in total. The van der Waals surface area contributed by atoms with E-state index in [1.54, 1.807) is 11.3 Å². The molecule has 1 aliphatic heterocycles. The van der Waals surface area contributed by atoms with Crippen LogP contribution < -0.4 is 0 Å². The van der Waals surface area contributed by atoms with Gasteiger partial charge in [-0.15, -0.1) is 11.3 Å². The average Bonchev–Trinajstić information content (AvgIpc) is 2.73. The molecule has 0 N–H and O–H groups in total. The van der Waals surface area contributed by atoms with Crippen LogP contribution in [0.4, 0.5) is 0 Å². The highest BCUT2D eigenvalue weighted by molar-refractivity contribution is 7.12. The topological polar surface area (TPSA) is 20.3 Å². The Labute approximate surface area is 101 Å². The lowest BCUT2D eigenvalue weighted by molar-refractivity contribution is 0.0905. The van der Waals surface area contributed by atoms with Crippen molar-refractivity contribution < 1.29 is 4.79 Å². The molecule has 0 aliphatic carbocycles. The number of likely N-dealkylation sites (tertiary alicyclic amines) is 1. The van der Waals surface area contributed by atoms with E-state index >= 15 is 0 Å². The van der Waals surface area contributed by atoms with E-state index in [0.29, 0.717) is 12.6 Å². The molecule has 0 spiro atoms. The number of Topliss-reactive ketones (excluding diaryl/α,β-unsaturated/α-hetero) is 1. The number of carbonyl (C=O) groups is 1. The molecule has 1 unspecified atom stereocenters. The van der Waals surface area contributed by atoms with Gasteiger partial charge in [0.1, 0.15) is 0 Å². The van der Waals surface area contributed by atoms with Crippen LogP contribution in [0.2, 0.25) is 0 Å². The third-order valence-electron chi connectivity index (χ3n) is 3.33. The molecule has 0 radical (unpaired) electrons. The molecule has 1 aromatic rings. The lowest BCUT2D eigenvalue weighted by Crippen LogP contribution is -2.36. The fraction of sp³-hybridized carbons (Fsp3) is 0.615. The van der Waals surface area contributed by atoms with Gasteiger partial charge in [-0.3, -0.25) is 9.69 Å². The first-order valence-corrected chi connectivity index (χ1v) is 6.96. The van der Waals surface area contributed by atoms with Crippen molar-refractivity contribution >= 4 is 17.1 Å². The second-order valence-electron chi connectivity index (χ2n) is 4.57. The molecule has 3 heteroatoms. The lowest BCUT2D eigenvalue weighted by atomic mass is 10.1. The zero-order valence-corrected chi connectivity index (χ0v) is 10.6. The lowest BCUT2D eigenvalue weighted by Gasteiger charge is -2.25. The summed E-state index contributed by atoms with van der Waals surface area (Å²) in [6, 6.07) is 4.44. The SMILES string of the molecule is CC1CCCCCN1CC(=O)c1cccs1. The Morgan fingerprint density at radius 3 is 3.12 bits per heavy atom. The molecule has 0 amide bonds. The Bertz CT molecular complexity index is 334. The van der Waals surface area contributed by atoms with Crippen molar-refractivity contribution in [2.75, 3.05) is 13.1 Å². The summed E-state index contributed by atoms with van der Waals surface area (Å²) >= 11 is 1.55. The normalized spacial score (nSPS) is 22.9. The molecule has 0 saturated carbocycles. The van der Waals surface area contributed by atoms with Gasteiger partial charge in [0.05, 0.1) is 11.4 Å². The fourth-order valence-corrected chi connectivity index (χ4v) is 2.93. The predicted molar refractivity (Wildman–Crippen MR) is 68.2 cm³/mol. The van der Waals surface area contributed by atoms with Gasteiger partial charge in [-0.05, 0) is 37.8 Å². The van der Waals surface area contributed by atoms with Crippen molar-refractivity contribution in [1.29, 1.82) is 0 Å². The van der Waals surface area contributed by atoms with Crippen LogP contribution in [0.25, 0.3) is 0 Å². The minimum Gasteiger partial charge on any atom is -0.293 e. The summed E-state index contributed by atoms with van der Waals surface area (Å²) in [4.78, 5) is 15.2. The predicted octanol–water partition coefficient (Wildman–Crippen LogP) is 3.20. The first kappa shape index (κ1) is 11.8. The van der Waals surface area contributed by atoms with Gasteiger partial charge in [-0.2, -0.15) is 0 Å². The Hall–Kier alpha value is -0.670. The number of nitrogens with zero attached hydrogens (tertiary/aromatic N) is 1. The highest BCUT2D eigenvalue weighted by Gasteiger charge is 2.20. The summed E-state index contributed by atoms with van der Waals surface area (Å²) in [6.07, 6.45) is 5.10. The maximum Gasteiger partial charge on any atom is 0.186 e. The molecule has 88 valence electrons. The van der Waals surface area contributed by atoms with Crippen LogP contribution in [0.3, 0.4) is 0 Å². The number of hydrogen-bond acceptors (Lipinski definition) is 3. The zero-order chi connectivity index (χ0) is 11.4. The van der Waals surface area contributed by atoms with E-state index in [2.05, 4.69) is 11.8 Å². The van der Waals surface area contributed by atoms with Gasteiger partial charge in [0, 0.05) is 6.04 Å². The fourth-order valence-electron chi connectivity index (χ4n) is 2.27. The molecule has 1 aromatic heterocycles. The summed E-state index contributed by atoms with van der Waals surface area (Å²) in [5, 5.41) is 1.97. The van der Waals surface area contributed by atoms with Crippen molar-refractivity contribution in [2.24, 2.45) is 0 Å². The Morgan fingerprint density at radius 1 is 1.50 bits per heavy atom. The molecule has 0 aromatic carbocycles. The molecule has 1 fully saturated rings. The van der Waals surface area contributed by atoms with Crippen LogP contribution in [-0.2, 0) is 0 Å². The highest BCUT2D eigenvalue weighted by Crippen LogP contribution is 2.17. The summed E-state index contributed by atoms with van der Waals surface area (Å²) in [5.74, 6) is 0.281. The second-order valence-corrected chi connectivity index (χ2v) is 5.52. The van der Waals surface area contributed by atoms with Crippen LogP contribution in [0.1, 0.15) is 42.3 Å². The summed E-state index contributed by atoms with van der Waals surface area (Å²) < 4.78 is 0. The summed E-state index contributed by atoms with van der Waals surface area (Å²) in [6.45, 7) is 3.92. The van der Waals surface area contributed by atoms with E-state index in [0.717, 1.165) is 11.4 Å². The van der Waals surface area contributed by atoms with Crippen LogP contribution >= 0.6 is 11.3 Å². The van der Waals surface area contributed by atoms with Crippen LogP contribution in [0.5, 0.6) is 0 Å². The van der Waals surface area contributed by atoms with Crippen LogP contribution in [-0.4, -0.2) is 29.8 Å². The Balaban J connectivity index is 1.95. The van der Waals surface area contributed by atoms with Crippen molar-refractivity contribution in [3.05, 3.63) is 22.4 Å². The Morgan fingerprint density at radius 2 is 2.38 bits per heavy atom. The van der Waals surface area contributed by atoms with Crippen LogP contribution in [0.15, 0.2) is 17.5 Å². The van der Waals surface area contributed by atoms with Crippen LogP contribution in [0, 0.1) is 0 Å². The van der Waals surface area contributed by atoms with E-state index in [1.165, 1.54) is 25.7 Å². The molecule has 1 saturated heterocycles. The van der Waals surface area contributed by atoms with E-state index in [1.807, 2.05) is 17.5 Å². The average molecular weight is 237 g/mol. The van der Waals surface area contributed by atoms with Gasteiger partial charge in [0.15, 0.2) is 5.78 Å². The van der Waals surface area contributed by atoms with Gasteiger partial charge in [-0.1, -0.05) is 18.9 Å². The number of ketones is 1. The third kappa shape index (κ3) is 2.92. The molecule has 1 atom stereocenters. The van der Waals surface area contributed by atoms with Gasteiger partial charge >= 0.3 is 0 Å². The molecular formula is C13H19NOS. The van der Waals surface area contributed by atoms with E-state index in [4.69, 9.17) is 0 Å². The van der Waals surface area contributed by atoms with Gasteiger partial charge in [-0.25, -0.2) is 0 Å². The quantitative estimate of drug-likeness (QED) is 0.752. The number of rotatable bonds is 3. The monoisotopic (exact) mass is 237 g/mol. The van der Waals surface area contributed by atoms with E-state index in [9.17, 15) is 4.79 Å². The smallest absolute Gasteiger partial charge is 0.186 e. The largest absolute Gasteiger partial charge is 0.293 e. The molecular weight excluding hydrogens is 218 g/mol. The van der Waals surface area contributed by atoms with Gasteiger partial charge in [0.25, 0.3) is 0 Å². The Kier molecular flexibility index (Phi) is 4.13. The highest BCUT2D eigenvalue weighted by atomic mass is 32.1. The maximum absolute atomic E-state index is 12.0. The van der Waals surface area contributed by atoms with E-state index in [-0.39, 0.29) is 5.78 Å². The first-order chi connectivity index (χ1) is 7.77.